The van der Waals surface area contributed by atoms with Crippen molar-refractivity contribution in [1.29, 1.82) is 0 Å². The minimum Gasteiger partial charge on any atom is -0.285 e. The van der Waals surface area contributed by atoms with Crippen LogP contribution in [-0.4, -0.2) is 12.3 Å². The summed E-state index contributed by atoms with van der Waals surface area (Å²) in [5, 5.41) is 0. The molecule has 0 N–H and O–H groups in total. The first kappa shape index (κ1) is 9.91. The van der Waals surface area contributed by atoms with E-state index < -0.39 is 0 Å². The van der Waals surface area contributed by atoms with Gasteiger partial charge in [0, 0.05) is 16.6 Å². The molecule has 2 heteroatoms. The number of halogens is 1. The first-order chi connectivity index (χ1) is 6.59. The molecule has 0 aromatic heterocycles. The summed E-state index contributed by atoms with van der Waals surface area (Å²) >= 11 is 3.66. The van der Waals surface area contributed by atoms with Gasteiger partial charge in [0.2, 0.25) is 0 Å². The molecule has 0 fully saturated rings. The van der Waals surface area contributed by atoms with Crippen molar-refractivity contribution in [3.8, 4) is 0 Å². The highest BCUT2D eigenvalue weighted by molar-refractivity contribution is 9.12. The zero-order chi connectivity index (χ0) is 10.3. The summed E-state index contributed by atoms with van der Waals surface area (Å²) in [5.41, 5.74) is 6.62. The molecule has 0 saturated heterocycles. The van der Waals surface area contributed by atoms with Crippen LogP contribution < -0.4 is 0 Å². The highest BCUT2D eigenvalue weighted by Gasteiger charge is 2.23. The van der Waals surface area contributed by atoms with Crippen LogP contribution in [-0.2, 0) is 0 Å². The third-order valence-electron chi connectivity index (χ3n) is 2.94. The summed E-state index contributed by atoms with van der Waals surface area (Å²) in [6, 6.07) is 0. The molecule has 1 aliphatic heterocycles. The lowest BCUT2D eigenvalue weighted by Gasteiger charge is -2.25. The van der Waals surface area contributed by atoms with Crippen molar-refractivity contribution >= 4 is 21.6 Å². The van der Waals surface area contributed by atoms with Crippen LogP contribution in [0.25, 0.3) is 0 Å². The number of aliphatic imine (C=N–C) groups is 1. The highest BCUT2D eigenvalue weighted by Crippen LogP contribution is 2.36. The van der Waals surface area contributed by atoms with E-state index in [2.05, 4.69) is 41.3 Å². The molecule has 1 aliphatic carbocycles. The quantitative estimate of drug-likeness (QED) is 0.582. The monoisotopic (exact) mass is 251 g/mol. The molecule has 0 bridgehead atoms. The average molecular weight is 252 g/mol. The number of rotatable bonds is 0. The van der Waals surface area contributed by atoms with Crippen LogP contribution in [0.15, 0.2) is 38.3 Å². The molecule has 2 aliphatic rings. The molecule has 0 spiro atoms. The SMILES string of the molecule is C=C1CN=C2CC(C)=C(C)C(Br)=C2C1. The van der Waals surface area contributed by atoms with Gasteiger partial charge in [-0.25, -0.2) is 0 Å². The van der Waals surface area contributed by atoms with E-state index in [4.69, 9.17) is 0 Å². The lowest BCUT2D eigenvalue weighted by molar-refractivity contribution is 0.974. The van der Waals surface area contributed by atoms with E-state index in [1.165, 1.54) is 32.5 Å². The molecule has 1 nitrogen and oxygen atoms in total. The van der Waals surface area contributed by atoms with Crippen molar-refractivity contribution in [2.24, 2.45) is 4.99 Å². The Labute approximate surface area is 93.4 Å². The Hall–Kier alpha value is -0.630. The summed E-state index contributed by atoms with van der Waals surface area (Å²) in [6.07, 6.45) is 2.01. The van der Waals surface area contributed by atoms with E-state index in [9.17, 15) is 0 Å². The number of hydrogen-bond donors (Lipinski definition) is 0. The molecule has 0 unspecified atom stereocenters. The van der Waals surface area contributed by atoms with Crippen LogP contribution >= 0.6 is 15.9 Å². The van der Waals surface area contributed by atoms with E-state index in [-0.39, 0.29) is 0 Å². The maximum Gasteiger partial charge on any atom is 0.0603 e. The third-order valence-corrected chi connectivity index (χ3v) is 4.01. The molecule has 2 rings (SSSR count). The van der Waals surface area contributed by atoms with Crippen molar-refractivity contribution in [2.45, 2.75) is 26.7 Å². The Morgan fingerprint density at radius 2 is 2.00 bits per heavy atom. The summed E-state index contributed by atoms with van der Waals surface area (Å²) in [6.45, 7) is 9.16. The Morgan fingerprint density at radius 3 is 2.71 bits per heavy atom. The van der Waals surface area contributed by atoms with Crippen LogP contribution in [0, 0.1) is 0 Å². The van der Waals surface area contributed by atoms with Crippen LogP contribution in [0.3, 0.4) is 0 Å². The first-order valence-electron chi connectivity index (χ1n) is 4.85. The van der Waals surface area contributed by atoms with Gasteiger partial charge in [-0.2, -0.15) is 0 Å². The second-order valence-electron chi connectivity index (χ2n) is 4.06. The van der Waals surface area contributed by atoms with Gasteiger partial charge in [-0.05, 0) is 31.4 Å². The molecule has 74 valence electrons. The van der Waals surface area contributed by atoms with E-state index in [1.54, 1.807) is 0 Å². The molecule has 0 atom stereocenters. The maximum absolute atomic E-state index is 4.56. The Balaban J connectivity index is 2.51. The van der Waals surface area contributed by atoms with Gasteiger partial charge in [-0.3, -0.25) is 4.99 Å². The van der Waals surface area contributed by atoms with Crippen molar-refractivity contribution < 1.29 is 0 Å². The molecule has 0 aromatic rings. The zero-order valence-electron chi connectivity index (χ0n) is 8.65. The molecular weight excluding hydrogens is 238 g/mol. The number of nitrogens with zero attached hydrogens (tertiary/aromatic N) is 1. The van der Waals surface area contributed by atoms with E-state index in [0.29, 0.717) is 0 Å². The average Bonchev–Trinajstić information content (AvgIpc) is 2.16. The van der Waals surface area contributed by atoms with Crippen molar-refractivity contribution in [1.82, 2.24) is 0 Å². The molecule has 0 radical (unpaired) electrons. The summed E-state index contributed by atoms with van der Waals surface area (Å²) in [5.74, 6) is 0. The van der Waals surface area contributed by atoms with Crippen molar-refractivity contribution in [3.63, 3.8) is 0 Å². The van der Waals surface area contributed by atoms with E-state index in [1.807, 2.05) is 0 Å². The van der Waals surface area contributed by atoms with Gasteiger partial charge in [0.1, 0.15) is 0 Å². The Morgan fingerprint density at radius 1 is 1.29 bits per heavy atom. The number of allylic oxidation sites excluding steroid dienone is 4. The van der Waals surface area contributed by atoms with Crippen molar-refractivity contribution in [2.75, 3.05) is 6.54 Å². The topological polar surface area (TPSA) is 12.4 Å². The smallest absolute Gasteiger partial charge is 0.0603 e. The van der Waals surface area contributed by atoms with Gasteiger partial charge in [-0.15, -0.1) is 0 Å². The van der Waals surface area contributed by atoms with Crippen molar-refractivity contribution in [3.05, 3.63) is 33.4 Å². The number of fused-ring (bicyclic) bond motifs is 1. The van der Waals surface area contributed by atoms with Crippen LogP contribution in [0.1, 0.15) is 26.7 Å². The molecule has 0 aromatic carbocycles. The maximum atomic E-state index is 4.56. The second kappa shape index (κ2) is 3.50. The Bertz CT molecular complexity index is 397. The largest absolute Gasteiger partial charge is 0.285 e. The molecule has 14 heavy (non-hydrogen) atoms. The lowest BCUT2D eigenvalue weighted by Crippen LogP contribution is -2.17. The van der Waals surface area contributed by atoms with E-state index >= 15 is 0 Å². The van der Waals surface area contributed by atoms with Gasteiger partial charge in [-0.1, -0.05) is 33.7 Å². The molecular formula is C12H14BrN. The van der Waals surface area contributed by atoms with Crippen LogP contribution in [0.5, 0.6) is 0 Å². The van der Waals surface area contributed by atoms with Crippen LogP contribution in [0.4, 0.5) is 0 Å². The molecule has 1 heterocycles. The predicted molar refractivity (Wildman–Crippen MR) is 65.0 cm³/mol. The fourth-order valence-electron chi connectivity index (χ4n) is 1.87. The Kier molecular flexibility index (Phi) is 2.48. The van der Waals surface area contributed by atoms with Gasteiger partial charge in [0.25, 0.3) is 0 Å². The summed E-state index contributed by atoms with van der Waals surface area (Å²) in [7, 11) is 0. The number of hydrogen-bond acceptors (Lipinski definition) is 1. The third kappa shape index (κ3) is 1.52. The van der Waals surface area contributed by atoms with E-state index in [0.717, 1.165) is 19.4 Å². The summed E-state index contributed by atoms with van der Waals surface area (Å²) < 4.78 is 1.24. The zero-order valence-corrected chi connectivity index (χ0v) is 10.2. The van der Waals surface area contributed by atoms with Crippen LogP contribution in [0.2, 0.25) is 0 Å². The predicted octanol–water partition coefficient (Wildman–Crippen LogP) is 3.78. The fourth-order valence-corrected chi connectivity index (χ4v) is 2.58. The van der Waals surface area contributed by atoms with Gasteiger partial charge in [0.05, 0.1) is 6.54 Å². The standard InChI is InChI=1S/C12H14BrN/c1-7-4-10-11(14-6-7)5-8(2)9(3)12(10)13/h1,4-6H2,2-3H3. The molecule has 0 amide bonds. The minimum absolute atomic E-state index is 0.811. The van der Waals surface area contributed by atoms with Gasteiger partial charge in [0.15, 0.2) is 0 Å². The van der Waals surface area contributed by atoms with Gasteiger partial charge >= 0.3 is 0 Å². The lowest BCUT2D eigenvalue weighted by atomic mass is 9.87. The normalized spacial score (nSPS) is 22.5. The highest BCUT2D eigenvalue weighted by atomic mass is 79.9. The van der Waals surface area contributed by atoms with Gasteiger partial charge < -0.3 is 0 Å². The first-order valence-corrected chi connectivity index (χ1v) is 5.64. The summed E-state index contributed by atoms with van der Waals surface area (Å²) in [4.78, 5) is 4.56. The fraction of sp³-hybridized carbons (Fsp3) is 0.417. The second-order valence-corrected chi connectivity index (χ2v) is 4.86. The molecule has 0 saturated carbocycles. The minimum atomic E-state index is 0.811.